The molecule has 0 radical (unpaired) electrons. The van der Waals surface area contributed by atoms with E-state index in [-0.39, 0.29) is 5.69 Å². The molecule has 78 valence electrons. The highest BCUT2D eigenvalue weighted by atomic mass is 16.6. The van der Waals surface area contributed by atoms with Crippen molar-refractivity contribution >= 4 is 5.69 Å². The number of ether oxygens (including phenoxy) is 2. The third kappa shape index (κ3) is 2.07. The molecule has 1 aliphatic rings. The van der Waals surface area contributed by atoms with Gasteiger partial charge in [0.2, 0.25) is 0 Å². The summed E-state index contributed by atoms with van der Waals surface area (Å²) in [6.45, 7) is 0.853. The zero-order valence-corrected chi connectivity index (χ0v) is 7.88. The molecule has 0 saturated heterocycles. The molecular weight excluding hydrogens is 198 g/mol. The molecule has 0 spiro atoms. The van der Waals surface area contributed by atoms with E-state index in [1.54, 1.807) is 6.07 Å². The van der Waals surface area contributed by atoms with Crippen molar-refractivity contribution in [3.05, 3.63) is 40.5 Å². The summed E-state index contributed by atoms with van der Waals surface area (Å²) < 4.78 is 10.6. The monoisotopic (exact) mass is 207 g/mol. The van der Waals surface area contributed by atoms with Crippen LogP contribution in [-0.2, 0) is 0 Å². The van der Waals surface area contributed by atoms with Crippen molar-refractivity contribution in [2.24, 2.45) is 0 Å². The predicted octanol–water partition coefficient (Wildman–Crippen LogP) is 1.92. The summed E-state index contributed by atoms with van der Waals surface area (Å²) in [5.41, 5.74) is 0.00176. The molecule has 5 heteroatoms. The molecule has 0 aliphatic carbocycles. The second-order valence-electron chi connectivity index (χ2n) is 2.98. The molecule has 1 aromatic rings. The van der Waals surface area contributed by atoms with Gasteiger partial charge in [0.05, 0.1) is 11.0 Å². The zero-order chi connectivity index (χ0) is 10.7. The van der Waals surface area contributed by atoms with E-state index in [1.165, 1.54) is 12.1 Å². The summed E-state index contributed by atoms with van der Waals surface area (Å²) >= 11 is 0. The van der Waals surface area contributed by atoms with Crippen molar-refractivity contribution in [3.8, 4) is 11.5 Å². The molecule has 0 aromatic heterocycles. The third-order valence-corrected chi connectivity index (χ3v) is 1.97. The molecule has 5 nitrogen and oxygen atoms in total. The molecule has 0 unspecified atom stereocenters. The Hall–Kier alpha value is -2.04. The first-order valence-electron chi connectivity index (χ1n) is 4.46. The number of non-ortho nitro benzene ring substituents is 1. The van der Waals surface area contributed by atoms with E-state index < -0.39 is 4.92 Å². The Morgan fingerprint density at radius 2 is 1.80 bits per heavy atom. The standard InChI is InChI=1S/C10H9NO4/c12-11(13)8-3-4-9-10(7-8)15-6-2-1-5-14-9/h1-4,7H,5-6H2/b2-1-. The van der Waals surface area contributed by atoms with Crippen LogP contribution >= 0.6 is 0 Å². The number of hydrogen-bond donors (Lipinski definition) is 0. The van der Waals surface area contributed by atoms with Gasteiger partial charge < -0.3 is 9.47 Å². The Morgan fingerprint density at radius 3 is 2.47 bits per heavy atom. The van der Waals surface area contributed by atoms with Crippen molar-refractivity contribution in [2.75, 3.05) is 13.2 Å². The van der Waals surface area contributed by atoms with Crippen LogP contribution in [0.1, 0.15) is 0 Å². The highest BCUT2D eigenvalue weighted by molar-refractivity contribution is 5.48. The van der Waals surface area contributed by atoms with E-state index in [9.17, 15) is 10.1 Å². The number of nitrogens with zero attached hydrogens (tertiary/aromatic N) is 1. The Bertz CT molecular complexity index is 414. The Labute approximate surface area is 86.1 Å². The maximum Gasteiger partial charge on any atom is 0.273 e. The van der Waals surface area contributed by atoms with Crippen molar-refractivity contribution in [3.63, 3.8) is 0 Å². The first-order valence-corrected chi connectivity index (χ1v) is 4.46. The summed E-state index contributed by atoms with van der Waals surface area (Å²) in [5.74, 6) is 0.943. The van der Waals surface area contributed by atoms with E-state index in [4.69, 9.17) is 9.47 Å². The minimum atomic E-state index is -0.460. The quantitative estimate of drug-likeness (QED) is 0.401. The third-order valence-electron chi connectivity index (χ3n) is 1.97. The van der Waals surface area contributed by atoms with Gasteiger partial charge in [-0.25, -0.2) is 0 Å². The number of rotatable bonds is 1. The van der Waals surface area contributed by atoms with Crippen molar-refractivity contribution in [2.45, 2.75) is 0 Å². The number of nitro groups is 1. The molecule has 15 heavy (non-hydrogen) atoms. The maximum absolute atomic E-state index is 10.5. The van der Waals surface area contributed by atoms with Gasteiger partial charge in [-0.05, 0) is 18.2 Å². The van der Waals surface area contributed by atoms with Crippen molar-refractivity contribution < 1.29 is 14.4 Å². The topological polar surface area (TPSA) is 61.6 Å². The molecule has 0 atom stereocenters. The van der Waals surface area contributed by atoms with Gasteiger partial charge in [0.25, 0.3) is 5.69 Å². The highest BCUT2D eigenvalue weighted by Crippen LogP contribution is 2.31. The van der Waals surface area contributed by atoms with Crippen LogP contribution in [0.4, 0.5) is 5.69 Å². The maximum atomic E-state index is 10.5. The fourth-order valence-corrected chi connectivity index (χ4v) is 1.25. The Morgan fingerprint density at radius 1 is 1.13 bits per heavy atom. The van der Waals surface area contributed by atoms with Crippen LogP contribution in [0, 0.1) is 10.1 Å². The normalized spacial score (nSPS) is 16.3. The fourth-order valence-electron chi connectivity index (χ4n) is 1.25. The first kappa shape index (κ1) is 9.51. The smallest absolute Gasteiger partial charge is 0.273 e. The number of nitro benzene ring substituents is 1. The van der Waals surface area contributed by atoms with Crippen LogP contribution in [0.3, 0.4) is 0 Å². The van der Waals surface area contributed by atoms with E-state index in [0.717, 1.165) is 0 Å². The first-order chi connectivity index (χ1) is 7.27. The molecule has 0 bridgehead atoms. The molecule has 1 aliphatic heterocycles. The van der Waals surface area contributed by atoms with Gasteiger partial charge in [0.15, 0.2) is 11.5 Å². The number of benzene rings is 1. The largest absolute Gasteiger partial charge is 0.486 e. The minimum Gasteiger partial charge on any atom is -0.486 e. The van der Waals surface area contributed by atoms with Gasteiger partial charge in [0.1, 0.15) is 13.2 Å². The summed E-state index contributed by atoms with van der Waals surface area (Å²) in [4.78, 5) is 10.1. The lowest BCUT2D eigenvalue weighted by Gasteiger charge is -2.12. The second kappa shape index (κ2) is 4.00. The van der Waals surface area contributed by atoms with Gasteiger partial charge >= 0.3 is 0 Å². The fraction of sp³-hybridized carbons (Fsp3) is 0.200. The molecule has 1 aromatic carbocycles. The molecule has 0 saturated carbocycles. The SMILES string of the molecule is O=[N+]([O-])c1ccc2c(c1)OC/C=C\CO2. The average molecular weight is 207 g/mol. The van der Waals surface area contributed by atoms with Crippen LogP contribution in [0.25, 0.3) is 0 Å². The second-order valence-corrected chi connectivity index (χ2v) is 2.98. The van der Waals surface area contributed by atoms with Crippen molar-refractivity contribution in [1.29, 1.82) is 0 Å². The van der Waals surface area contributed by atoms with E-state index in [2.05, 4.69) is 0 Å². The Balaban J connectivity index is 2.34. The van der Waals surface area contributed by atoms with Gasteiger partial charge in [-0.2, -0.15) is 0 Å². The van der Waals surface area contributed by atoms with E-state index in [1.807, 2.05) is 12.2 Å². The van der Waals surface area contributed by atoms with Gasteiger partial charge in [-0.15, -0.1) is 0 Å². The molecule has 1 heterocycles. The molecule has 0 fully saturated rings. The van der Waals surface area contributed by atoms with Gasteiger partial charge in [0, 0.05) is 6.07 Å². The highest BCUT2D eigenvalue weighted by Gasteiger charge is 2.13. The minimum absolute atomic E-state index is 0.00176. The van der Waals surface area contributed by atoms with Crippen LogP contribution in [0.2, 0.25) is 0 Å². The summed E-state index contributed by atoms with van der Waals surface area (Å²) in [5, 5.41) is 10.5. The van der Waals surface area contributed by atoms with Crippen LogP contribution in [-0.4, -0.2) is 18.1 Å². The van der Waals surface area contributed by atoms with E-state index >= 15 is 0 Å². The Kier molecular flexibility index (Phi) is 2.53. The van der Waals surface area contributed by atoms with Crippen LogP contribution in [0.15, 0.2) is 30.4 Å². The average Bonchev–Trinajstić information content (AvgIpc) is 2.18. The van der Waals surface area contributed by atoms with Gasteiger partial charge in [-0.1, -0.05) is 0 Å². The van der Waals surface area contributed by atoms with E-state index in [0.29, 0.717) is 24.7 Å². The molecular formula is C10H9NO4. The summed E-state index contributed by atoms with van der Waals surface area (Å²) in [6.07, 6.45) is 3.64. The summed E-state index contributed by atoms with van der Waals surface area (Å²) in [7, 11) is 0. The van der Waals surface area contributed by atoms with Crippen LogP contribution < -0.4 is 9.47 Å². The van der Waals surface area contributed by atoms with Crippen molar-refractivity contribution in [1.82, 2.24) is 0 Å². The lowest BCUT2D eigenvalue weighted by molar-refractivity contribution is -0.385. The molecule has 0 N–H and O–H groups in total. The lowest BCUT2D eigenvalue weighted by atomic mass is 10.3. The lowest BCUT2D eigenvalue weighted by Crippen LogP contribution is -2.04. The number of fused-ring (bicyclic) bond motifs is 1. The number of hydrogen-bond acceptors (Lipinski definition) is 4. The zero-order valence-electron chi connectivity index (χ0n) is 7.88. The van der Waals surface area contributed by atoms with Crippen LogP contribution in [0.5, 0.6) is 11.5 Å². The molecule has 0 amide bonds. The predicted molar refractivity (Wildman–Crippen MR) is 53.2 cm³/mol. The van der Waals surface area contributed by atoms with Gasteiger partial charge in [-0.3, -0.25) is 10.1 Å². The summed E-state index contributed by atoms with van der Waals surface area (Å²) in [6, 6.07) is 4.31. The molecule has 2 rings (SSSR count).